The van der Waals surface area contributed by atoms with Gasteiger partial charge >= 0.3 is 0 Å². The van der Waals surface area contributed by atoms with Crippen LogP contribution in [0.25, 0.3) is 11.1 Å². The number of nitrogens with zero attached hydrogens (tertiary/aromatic N) is 1. The molecule has 0 aliphatic rings. The van der Waals surface area contributed by atoms with E-state index in [1.54, 1.807) is 44.4 Å². The molecular weight excluding hydrogens is 336 g/mol. The molecule has 0 aliphatic heterocycles. The van der Waals surface area contributed by atoms with Gasteiger partial charge in [0, 0.05) is 24.2 Å². The summed E-state index contributed by atoms with van der Waals surface area (Å²) in [7, 11) is 1.56. The molecule has 2 rings (SSSR count). The average molecular weight is 356 g/mol. The van der Waals surface area contributed by atoms with Crippen LogP contribution in [0.2, 0.25) is 0 Å². The van der Waals surface area contributed by atoms with Crippen LogP contribution in [0.5, 0.6) is 11.5 Å². The minimum absolute atomic E-state index is 0.0630. The van der Waals surface area contributed by atoms with E-state index in [9.17, 15) is 14.9 Å². The van der Waals surface area contributed by atoms with Crippen LogP contribution in [0.15, 0.2) is 55.1 Å². The number of rotatable bonds is 8. The molecule has 0 heterocycles. The summed E-state index contributed by atoms with van der Waals surface area (Å²) in [4.78, 5) is 22.6. The van der Waals surface area contributed by atoms with Crippen LogP contribution in [0.1, 0.15) is 6.92 Å². The molecule has 0 spiro atoms. The highest BCUT2D eigenvalue weighted by atomic mass is 16.6. The summed E-state index contributed by atoms with van der Waals surface area (Å²) in [5.41, 5.74) is 1.17. The minimum Gasteiger partial charge on any atom is -0.497 e. The number of hydrogen-bond acceptors (Lipinski definition) is 5. The van der Waals surface area contributed by atoms with Crippen molar-refractivity contribution in [3.63, 3.8) is 0 Å². The molecule has 2 aromatic carbocycles. The Morgan fingerprint density at radius 1 is 1.31 bits per heavy atom. The maximum atomic E-state index is 12.0. The molecule has 0 saturated heterocycles. The number of carbonyl (C=O) groups excluding carboxylic acids is 1. The highest BCUT2D eigenvalue weighted by Crippen LogP contribution is 2.34. The second-order valence-corrected chi connectivity index (χ2v) is 5.46. The molecule has 0 saturated carbocycles. The van der Waals surface area contributed by atoms with Gasteiger partial charge in [-0.2, -0.15) is 0 Å². The third-order valence-electron chi connectivity index (χ3n) is 3.67. The van der Waals surface area contributed by atoms with Crippen molar-refractivity contribution in [1.29, 1.82) is 0 Å². The lowest BCUT2D eigenvalue weighted by Gasteiger charge is -2.17. The molecule has 136 valence electrons. The average Bonchev–Trinajstić information content (AvgIpc) is 2.66. The van der Waals surface area contributed by atoms with Gasteiger partial charge in [0.2, 0.25) is 0 Å². The summed E-state index contributed by atoms with van der Waals surface area (Å²) in [5.74, 6) is 0.741. The normalized spacial score (nSPS) is 11.3. The molecule has 7 nitrogen and oxygen atoms in total. The van der Waals surface area contributed by atoms with Crippen molar-refractivity contribution >= 4 is 11.6 Å². The molecule has 0 radical (unpaired) electrons. The number of ether oxygens (including phenoxy) is 2. The third kappa shape index (κ3) is 4.60. The topological polar surface area (TPSA) is 90.7 Å². The number of hydrogen-bond donors (Lipinski definition) is 1. The van der Waals surface area contributed by atoms with E-state index in [-0.39, 0.29) is 11.6 Å². The lowest BCUT2D eigenvalue weighted by atomic mass is 10.0. The number of amides is 1. The van der Waals surface area contributed by atoms with Crippen molar-refractivity contribution in [3.05, 3.63) is 65.2 Å². The molecule has 0 unspecified atom stereocenters. The quantitative estimate of drug-likeness (QED) is 0.445. The van der Waals surface area contributed by atoms with Crippen LogP contribution in [0.4, 0.5) is 5.69 Å². The highest BCUT2D eigenvalue weighted by Gasteiger charge is 2.19. The van der Waals surface area contributed by atoms with E-state index < -0.39 is 11.0 Å². The Morgan fingerprint density at radius 2 is 2.00 bits per heavy atom. The zero-order valence-corrected chi connectivity index (χ0v) is 14.6. The Kier molecular flexibility index (Phi) is 6.32. The predicted molar refractivity (Wildman–Crippen MR) is 98.4 cm³/mol. The Hall–Kier alpha value is -3.35. The van der Waals surface area contributed by atoms with E-state index in [1.165, 1.54) is 18.2 Å². The Morgan fingerprint density at radius 3 is 2.58 bits per heavy atom. The molecule has 0 aromatic heterocycles. The molecule has 0 fully saturated rings. The first-order valence-corrected chi connectivity index (χ1v) is 7.94. The lowest BCUT2D eigenvalue weighted by Crippen LogP contribution is -2.36. The van der Waals surface area contributed by atoms with Crippen molar-refractivity contribution in [3.8, 4) is 22.6 Å². The van der Waals surface area contributed by atoms with Crippen molar-refractivity contribution in [1.82, 2.24) is 5.32 Å². The number of nitrogens with one attached hydrogen (secondary N) is 1. The summed E-state index contributed by atoms with van der Waals surface area (Å²) < 4.78 is 10.9. The number of nitro benzene ring substituents is 1. The molecular formula is C19H20N2O5. The van der Waals surface area contributed by atoms with Gasteiger partial charge in [-0.3, -0.25) is 14.9 Å². The van der Waals surface area contributed by atoms with E-state index >= 15 is 0 Å². The number of carbonyl (C=O) groups is 1. The van der Waals surface area contributed by atoms with Gasteiger partial charge in [-0.05, 0) is 30.7 Å². The van der Waals surface area contributed by atoms with Crippen molar-refractivity contribution in [2.24, 2.45) is 0 Å². The van der Waals surface area contributed by atoms with Crippen LogP contribution >= 0.6 is 0 Å². The predicted octanol–water partition coefficient (Wildman–Crippen LogP) is 3.34. The van der Waals surface area contributed by atoms with Gasteiger partial charge in [-0.25, -0.2) is 0 Å². The first-order valence-electron chi connectivity index (χ1n) is 7.94. The molecule has 2 aromatic rings. The monoisotopic (exact) mass is 356 g/mol. The molecule has 0 aliphatic carbocycles. The lowest BCUT2D eigenvalue weighted by molar-refractivity contribution is -0.384. The second kappa shape index (κ2) is 8.66. The van der Waals surface area contributed by atoms with Crippen LogP contribution in [-0.2, 0) is 4.79 Å². The molecule has 1 N–H and O–H groups in total. The van der Waals surface area contributed by atoms with Crippen LogP contribution in [0, 0.1) is 10.1 Å². The molecule has 1 amide bonds. The largest absolute Gasteiger partial charge is 0.497 e. The van der Waals surface area contributed by atoms with Crippen LogP contribution < -0.4 is 14.8 Å². The van der Waals surface area contributed by atoms with Crippen molar-refractivity contribution in [2.45, 2.75) is 13.0 Å². The van der Waals surface area contributed by atoms with Gasteiger partial charge in [0.15, 0.2) is 6.10 Å². The standard InChI is InChI=1S/C19H20N2O5/c1-4-11-20-19(22)13(2)26-18-10-7-15(21(23)24)12-17(18)14-5-8-16(25-3)9-6-14/h4-10,12-13H,1,11H2,2-3H3,(H,20,22)/t13-/m1/s1. The van der Waals surface area contributed by atoms with E-state index in [2.05, 4.69) is 11.9 Å². The van der Waals surface area contributed by atoms with Gasteiger partial charge in [0.1, 0.15) is 11.5 Å². The summed E-state index contributed by atoms with van der Waals surface area (Å²) in [5, 5.41) is 13.8. The fraction of sp³-hybridized carbons (Fsp3) is 0.211. The fourth-order valence-corrected chi connectivity index (χ4v) is 2.29. The molecule has 26 heavy (non-hydrogen) atoms. The second-order valence-electron chi connectivity index (χ2n) is 5.46. The first-order chi connectivity index (χ1) is 12.5. The number of benzene rings is 2. The first kappa shape index (κ1) is 19.0. The molecule has 7 heteroatoms. The summed E-state index contributed by atoms with van der Waals surface area (Å²) in [6.07, 6.45) is 0.799. The zero-order chi connectivity index (χ0) is 19.1. The molecule has 1 atom stereocenters. The number of non-ortho nitro benzene ring substituents is 1. The van der Waals surface area contributed by atoms with E-state index in [1.807, 2.05) is 0 Å². The van der Waals surface area contributed by atoms with Crippen LogP contribution in [0.3, 0.4) is 0 Å². The maximum absolute atomic E-state index is 12.0. The summed E-state index contributed by atoms with van der Waals surface area (Å²) in [6.45, 7) is 5.48. The summed E-state index contributed by atoms with van der Waals surface area (Å²) >= 11 is 0. The molecule has 0 bridgehead atoms. The van der Waals surface area contributed by atoms with E-state index in [0.29, 0.717) is 29.2 Å². The number of nitro groups is 1. The highest BCUT2D eigenvalue weighted by molar-refractivity contribution is 5.81. The Bertz CT molecular complexity index is 802. The SMILES string of the molecule is C=CCNC(=O)[C@@H](C)Oc1ccc([N+](=O)[O-])cc1-c1ccc(OC)cc1. The van der Waals surface area contributed by atoms with Gasteiger partial charge < -0.3 is 14.8 Å². The fourth-order valence-electron chi connectivity index (χ4n) is 2.29. The van der Waals surface area contributed by atoms with Gasteiger partial charge in [0.05, 0.1) is 12.0 Å². The van der Waals surface area contributed by atoms with Gasteiger partial charge in [0.25, 0.3) is 11.6 Å². The smallest absolute Gasteiger partial charge is 0.270 e. The van der Waals surface area contributed by atoms with Gasteiger partial charge in [-0.1, -0.05) is 18.2 Å². The Balaban J connectivity index is 2.36. The van der Waals surface area contributed by atoms with Gasteiger partial charge in [-0.15, -0.1) is 6.58 Å². The van der Waals surface area contributed by atoms with E-state index in [0.717, 1.165) is 0 Å². The van der Waals surface area contributed by atoms with Crippen LogP contribution in [-0.4, -0.2) is 30.6 Å². The van der Waals surface area contributed by atoms with Crippen molar-refractivity contribution in [2.75, 3.05) is 13.7 Å². The third-order valence-corrected chi connectivity index (χ3v) is 3.67. The van der Waals surface area contributed by atoms with E-state index in [4.69, 9.17) is 9.47 Å². The van der Waals surface area contributed by atoms with Crippen molar-refractivity contribution < 1.29 is 19.2 Å². The number of methoxy groups -OCH3 is 1. The zero-order valence-electron chi connectivity index (χ0n) is 14.6. The Labute approximate surface area is 151 Å². The minimum atomic E-state index is -0.770. The maximum Gasteiger partial charge on any atom is 0.270 e. The summed E-state index contributed by atoms with van der Waals surface area (Å²) in [6, 6.07) is 11.3.